The molecule has 0 N–H and O–H groups in total. The number of halogens is 1. The lowest BCUT2D eigenvalue weighted by Crippen LogP contribution is -2.39. The molecule has 1 atom stereocenters. The monoisotopic (exact) mass is 498 g/mol. The second-order valence-electron chi connectivity index (χ2n) is 6.87. The van der Waals surface area contributed by atoms with Crippen molar-refractivity contribution in [3.05, 3.63) is 95.1 Å². The number of hydrogen-bond acceptors (Lipinski definition) is 6. The molecule has 1 aliphatic rings. The van der Waals surface area contributed by atoms with Gasteiger partial charge in [0.15, 0.2) is 4.80 Å². The van der Waals surface area contributed by atoms with Crippen LogP contribution in [0.1, 0.15) is 24.1 Å². The number of methoxy groups -OCH3 is 2. The summed E-state index contributed by atoms with van der Waals surface area (Å²) in [6.45, 7) is 1.76. The van der Waals surface area contributed by atoms with Crippen molar-refractivity contribution in [2.45, 2.75) is 13.0 Å². The van der Waals surface area contributed by atoms with E-state index in [1.54, 1.807) is 24.7 Å². The average molecular weight is 499 g/mol. The Balaban J connectivity index is 1.99. The Bertz CT molecular complexity index is 1370. The van der Waals surface area contributed by atoms with Crippen LogP contribution in [0.15, 0.2) is 74.1 Å². The molecule has 0 bridgehead atoms. The first kappa shape index (κ1) is 21.3. The molecular formula is C23H19BrN2O4S. The van der Waals surface area contributed by atoms with Crippen LogP contribution < -0.4 is 19.6 Å². The molecule has 0 fully saturated rings. The normalized spacial score (nSPS) is 16.0. The van der Waals surface area contributed by atoms with Gasteiger partial charge in [-0.2, -0.15) is 0 Å². The average Bonchev–Trinajstić information content (AvgIpc) is 3.07. The fraction of sp³-hybridized carbons (Fsp3) is 0.174. The van der Waals surface area contributed by atoms with E-state index in [-0.39, 0.29) is 5.56 Å². The SMILES string of the molecule is COC(=O)C1=C(C)N=c2sc(=Cc3cc(Br)ccc3OC)c(=O)n2C1c1ccccc1. The van der Waals surface area contributed by atoms with Crippen LogP contribution in [0.25, 0.3) is 6.08 Å². The van der Waals surface area contributed by atoms with Crippen molar-refractivity contribution in [3.8, 4) is 5.75 Å². The summed E-state index contributed by atoms with van der Waals surface area (Å²) in [5.41, 5.74) is 2.24. The lowest BCUT2D eigenvalue weighted by atomic mass is 9.96. The first-order valence-electron chi connectivity index (χ1n) is 9.44. The van der Waals surface area contributed by atoms with Crippen molar-refractivity contribution >= 4 is 39.3 Å². The molecule has 0 radical (unpaired) electrons. The summed E-state index contributed by atoms with van der Waals surface area (Å²) in [7, 11) is 2.92. The van der Waals surface area contributed by atoms with Gasteiger partial charge in [0, 0.05) is 10.0 Å². The number of esters is 1. The molecule has 6 nitrogen and oxygen atoms in total. The number of ether oxygens (including phenoxy) is 2. The summed E-state index contributed by atoms with van der Waals surface area (Å²) in [6, 6.07) is 14.4. The van der Waals surface area contributed by atoms with Gasteiger partial charge in [-0.25, -0.2) is 9.79 Å². The third kappa shape index (κ3) is 3.88. The molecular weight excluding hydrogens is 480 g/mol. The number of nitrogens with zero attached hydrogens (tertiary/aromatic N) is 2. The van der Waals surface area contributed by atoms with Crippen molar-refractivity contribution in [1.29, 1.82) is 0 Å². The molecule has 158 valence electrons. The number of carbonyl (C=O) groups is 1. The van der Waals surface area contributed by atoms with Crippen LogP contribution in [-0.4, -0.2) is 24.8 Å². The lowest BCUT2D eigenvalue weighted by Gasteiger charge is -2.24. The standard InChI is InChI=1S/C23H19BrN2O4S/c1-13-19(22(28)30-3)20(14-7-5-4-6-8-14)26-21(27)18(31-23(26)25-13)12-15-11-16(24)9-10-17(15)29-2/h4-12,20H,1-3H3. The van der Waals surface area contributed by atoms with Crippen LogP contribution in [0.2, 0.25) is 0 Å². The van der Waals surface area contributed by atoms with Gasteiger partial charge >= 0.3 is 5.97 Å². The minimum atomic E-state index is -0.614. The summed E-state index contributed by atoms with van der Waals surface area (Å²) >= 11 is 4.74. The molecule has 8 heteroatoms. The zero-order valence-corrected chi connectivity index (χ0v) is 19.5. The smallest absolute Gasteiger partial charge is 0.338 e. The van der Waals surface area contributed by atoms with Crippen molar-refractivity contribution < 1.29 is 14.3 Å². The highest BCUT2D eigenvalue weighted by atomic mass is 79.9. The van der Waals surface area contributed by atoms with Gasteiger partial charge in [-0.15, -0.1) is 0 Å². The van der Waals surface area contributed by atoms with Crippen LogP contribution in [0.5, 0.6) is 5.75 Å². The van der Waals surface area contributed by atoms with E-state index >= 15 is 0 Å². The van der Waals surface area contributed by atoms with Crippen molar-refractivity contribution in [2.75, 3.05) is 14.2 Å². The second-order valence-corrected chi connectivity index (χ2v) is 8.80. The molecule has 0 amide bonds. The fourth-order valence-corrected chi connectivity index (χ4v) is 5.02. The molecule has 31 heavy (non-hydrogen) atoms. The molecule has 1 aliphatic heterocycles. The Hall–Kier alpha value is -2.97. The van der Waals surface area contributed by atoms with Gasteiger partial charge in [0.25, 0.3) is 5.56 Å². The fourth-order valence-electron chi connectivity index (χ4n) is 3.60. The summed E-state index contributed by atoms with van der Waals surface area (Å²) in [4.78, 5) is 31.2. The minimum absolute atomic E-state index is 0.228. The molecule has 2 heterocycles. The Morgan fingerprint density at radius 2 is 1.94 bits per heavy atom. The third-order valence-electron chi connectivity index (χ3n) is 5.02. The number of hydrogen-bond donors (Lipinski definition) is 0. The minimum Gasteiger partial charge on any atom is -0.496 e. The van der Waals surface area contributed by atoms with Crippen LogP contribution in [0.4, 0.5) is 0 Å². The van der Waals surface area contributed by atoms with E-state index in [9.17, 15) is 9.59 Å². The summed E-state index contributed by atoms with van der Waals surface area (Å²) in [6.07, 6.45) is 1.78. The highest BCUT2D eigenvalue weighted by molar-refractivity contribution is 9.10. The first-order chi connectivity index (χ1) is 14.9. The van der Waals surface area contributed by atoms with E-state index in [4.69, 9.17) is 9.47 Å². The maximum absolute atomic E-state index is 13.5. The summed E-state index contributed by atoms with van der Waals surface area (Å²) in [5.74, 6) is 0.151. The highest BCUT2D eigenvalue weighted by Gasteiger charge is 2.32. The van der Waals surface area contributed by atoms with Gasteiger partial charge in [-0.05, 0) is 36.8 Å². The van der Waals surface area contributed by atoms with Crippen LogP contribution in [-0.2, 0) is 9.53 Å². The zero-order valence-electron chi connectivity index (χ0n) is 17.1. The number of allylic oxidation sites excluding steroid dienone is 1. The predicted octanol–water partition coefficient (Wildman–Crippen LogP) is 3.18. The molecule has 0 saturated heterocycles. The van der Waals surface area contributed by atoms with E-state index in [1.807, 2.05) is 48.5 Å². The topological polar surface area (TPSA) is 69.9 Å². The molecule has 1 aromatic heterocycles. The highest BCUT2D eigenvalue weighted by Crippen LogP contribution is 2.30. The van der Waals surface area contributed by atoms with E-state index in [2.05, 4.69) is 20.9 Å². The molecule has 0 spiro atoms. The van der Waals surface area contributed by atoms with Crippen molar-refractivity contribution in [3.63, 3.8) is 0 Å². The maximum Gasteiger partial charge on any atom is 0.338 e. The van der Waals surface area contributed by atoms with Crippen molar-refractivity contribution in [1.82, 2.24) is 4.57 Å². The maximum atomic E-state index is 13.5. The van der Waals surface area contributed by atoms with Crippen LogP contribution >= 0.6 is 27.3 Å². The molecule has 0 aliphatic carbocycles. The Morgan fingerprint density at radius 1 is 1.19 bits per heavy atom. The number of rotatable bonds is 4. The number of fused-ring (bicyclic) bond motifs is 1. The van der Waals surface area contributed by atoms with E-state index < -0.39 is 12.0 Å². The third-order valence-corrected chi connectivity index (χ3v) is 6.50. The molecule has 3 aromatic rings. The van der Waals surface area contributed by atoms with E-state index in [0.29, 0.717) is 26.4 Å². The molecule has 2 aromatic carbocycles. The Morgan fingerprint density at radius 3 is 2.61 bits per heavy atom. The van der Waals surface area contributed by atoms with E-state index in [0.717, 1.165) is 15.6 Å². The Kier molecular flexibility index (Phi) is 5.93. The predicted molar refractivity (Wildman–Crippen MR) is 123 cm³/mol. The molecule has 0 saturated carbocycles. The largest absolute Gasteiger partial charge is 0.496 e. The number of thiazole rings is 1. The van der Waals surface area contributed by atoms with Crippen molar-refractivity contribution in [2.24, 2.45) is 4.99 Å². The number of carbonyl (C=O) groups excluding carboxylic acids is 1. The first-order valence-corrected chi connectivity index (χ1v) is 11.0. The zero-order chi connectivity index (χ0) is 22.1. The number of benzene rings is 2. The molecule has 4 rings (SSSR count). The number of aromatic nitrogens is 1. The lowest BCUT2D eigenvalue weighted by molar-refractivity contribution is -0.136. The van der Waals surface area contributed by atoms with Gasteiger partial charge < -0.3 is 9.47 Å². The van der Waals surface area contributed by atoms with E-state index in [1.165, 1.54) is 18.4 Å². The van der Waals surface area contributed by atoms with Gasteiger partial charge in [-0.1, -0.05) is 57.6 Å². The summed E-state index contributed by atoms with van der Waals surface area (Å²) in [5, 5.41) is 0. The van der Waals surface area contributed by atoms with Gasteiger partial charge in [0.2, 0.25) is 0 Å². The van der Waals surface area contributed by atoms with Gasteiger partial charge in [0.05, 0.1) is 36.1 Å². The van der Waals surface area contributed by atoms with Crippen LogP contribution in [0, 0.1) is 0 Å². The quantitative estimate of drug-likeness (QED) is 0.518. The van der Waals surface area contributed by atoms with Crippen LogP contribution in [0.3, 0.4) is 0 Å². The Labute approximate surface area is 190 Å². The second kappa shape index (κ2) is 8.64. The molecule has 1 unspecified atom stereocenters. The van der Waals surface area contributed by atoms with Gasteiger partial charge in [0.1, 0.15) is 5.75 Å². The summed E-state index contributed by atoms with van der Waals surface area (Å²) < 4.78 is 13.4. The van der Waals surface area contributed by atoms with Gasteiger partial charge in [-0.3, -0.25) is 9.36 Å².